The second kappa shape index (κ2) is 4.85. The molecule has 0 bridgehead atoms. The molecule has 1 unspecified atom stereocenters. The quantitative estimate of drug-likeness (QED) is 0.908. The largest absolute Gasteiger partial charge is 0.298 e. The Morgan fingerprint density at radius 2 is 2.17 bits per heavy atom. The van der Waals surface area contributed by atoms with Crippen LogP contribution >= 0.6 is 15.9 Å². The molecule has 0 spiro atoms. The Hall–Kier alpha value is -0.560. The van der Waals surface area contributed by atoms with Crippen LogP contribution in [0.25, 0.3) is 0 Å². The summed E-state index contributed by atoms with van der Waals surface area (Å²) in [5.41, 5.74) is 0.687. The van der Waals surface area contributed by atoms with Crippen LogP contribution in [0.5, 0.6) is 0 Å². The molecule has 0 aliphatic carbocycles. The SMILES string of the molecule is CC(C)Cc1[nH]n(C2CCS(=O)(=O)C2)c(=O)c1Br. The van der Waals surface area contributed by atoms with Gasteiger partial charge in [0.2, 0.25) is 0 Å². The van der Waals surface area contributed by atoms with Gasteiger partial charge in [-0.2, -0.15) is 0 Å². The molecule has 0 radical (unpaired) electrons. The first-order chi connectivity index (χ1) is 8.30. The van der Waals surface area contributed by atoms with Gasteiger partial charge in [0.25, 0.3) is 5.56 Å². The van der Waals surface area contributed by atoms with E-state index in [1.54, 1.807) is 0 Å². The third-order valence-corrected chi connectivity index (χ3v) is 5.68. The van der Waals surface area contributed by atoms with Crippen LogP contribution in [0.1, 0.15) is 32.0 Å². The summed E-state index contributed by atoms with van der Waals surface area (Å²) in [7, 11) is -2.98. The second-order valence-electron chi connectivity index (χ2n) is 5.23. The van der Waals surface area contributed by atoms with E-state index in [0.717, 1.165) is 12.1 Å². The summed E-state index contributed by atoms with van der Waals surface area (Å²) in [5, 5.41) is 3.05. The van der Waals surface area contributed by atoms with Crippen LogP contribution in [0.4, 0.5) is 0 Å². The van der Waals surface area contributed by atoms with Gasteiger partial charge in [0, 0.05) is 0 Å². The van der Waals surface area contributed by atoms with E-state index in [4.69, 9.17) is 0 Å². The minimum atomic E-state index is -2.98. The second-order valence-corrected chi connectivity index (χ2v) is 8.26. The third-order valence-electron chi connectivity index (χ3n) is 3.11. The molecule has 1 aromatic heterocycles. The van der Waals surface area contributed by atoms with E-state index < -0.39 is 9.84 Å². The Morgan fingerprint density at radius 3 is 2.67 bits per heavy atom. The Morgan fingerprint density at radius 1 is 1.50 bits per heavy atom. The van der Waals surface area contributed by atoms with Crippen LogP contribution in [0.15, 0.2) is 9.27 Å². The highest BCUT2D eigenvalue weighted by atomic mass is 79.9. The number of aromatic amines is 1. The molecule has 0 amide bonds. The van der Waals surface area contributed by atoms with Crippen molar-refractivity contribution in [3.8, 4) is 0 Å². The van der Waals surface area contributed by atoms with Crippen LogP contribution < -0.4 is 5.56 Å². The minimum absolute atomic E-state index is 0.0565. The first kappa shape index (κ1) is 13.9. The highest BCUT2D eigenvalue weighted by molar-refractivity contribution is 9.10. The zero-order valence-electron chi connectivity index (χ0n) is 10.4. The van der Waals surface area contributed by atoms with Gasteiger partial charge in [0.05, 0.1) is 23.2 Å². The lowest BCUT2D eigenvalue weighted by Gasteiger charge is -2.08. The molecule has 102 valence electrons. The van der Waals surface area contributed by atoms with Crippen molar-refractivity contribution in [3.63, 3.8) is 0 Å². The summed E-state index contributed by atoms with van der Waals surface area (Å²) >= 11 is 3.29. The molecule has 1 saturated heterocycles. The Labute approximate surface area is 115 Å². The fourth-order valence-electron chi connectivity index (χ4n) is 2.26. The van der Waals surface area contributed by atoms with Crippen LogP contribution in [-0.4, -0.2) is 29.7 Å². The minimum Gasteiger partial charge on any atom is -0.298 e. The molecule has 1 aliphatic heterocycles. The number of rotatable bonds is 3. The van der Waals surface area contributed by atoms with Crippen molar-refractivity contribution < 1.29 is 8.42 Å². The van der Waals surface area contributed by atoms with Crippen LogP contribution in [0.3, 0.4) is 0 Å². The van der Waals surface area contributed by atoms with Gasteiger partial charge in [-0.25, -0.2) is 13.1 Å². The van der Waals surface area contributed by atoms with E-state index in [0.29, 0.717) is 16.8 Å². The summed E-state index contributed by atoms with van der Waals surface area (Å²) in [6.45, 7) is 4.14. The average Bonchev–Trinajstić information content (AvgIpc) is 2.73. The number of aromatic nitrogens is 2. The molecule has 0 aromatic carbocycles. The maximum Gasteiger partial charge on any atom is 0.281 e. The van der Waals surface area contributed by atoms with Gasteiger partial charge in [-0.05, 0) is 34.7 Å². The zero-order valence-corrected chi connectivity index (χ0v) is 12.8. The highest BCUT2D eigenvalue weighted by Gasteiger charge is 2.31. The average molecular weight is 337 g/mol. The van der Waals surface area contributed by atoms with Crippen LogP contribution in [0.2, 0.25) is 0 Å². The van der Waals surface area contributed by atoms with Crippen LogP contribution in [0, 0.1) is 5.92 Å². The number of nitrogens with one attached hydrogen (secondary N) is 1. The van der Waals surface area contributed by atoms with Crippen molar-refractivity contribution >= 4 is 25.8 Å². The number of nitrogens with zero attached hydrogens (tertiary/aromatic N) is 1. The molecule has 2 rings (SSSR count). The number of H-pyrrole nitrogens is 1. The molecule has 1 atom stereocenters. The van der Waals surface area contributed by atoms with E-state index in [1.807, 2.05) is 0 Å². The van der Waals surface area contributed by atoms with E-state index in [-0.39, 0.29) is 23.1 Å². The third kappa shape index (κ3) is 2.71. The molecule has 18 heavy (non-hydrogen) atoms. The molecule has 5 nitrogen and oxygen atoms in total. The summed E-state index contributed by atoms with van der Waals surface area (Å²) in [6.07, 6.45) is 1.28. The molecule has 2 heterocycles. The van der Waals surface area contributed by atoms with Crippen molar-refractivity contribution in [2.24, 2.45) is 5.92 Å². The molecule has 1 aromatic rings. The van der Waals surface area contributed by atoms with Gasteiger partial charge >= 0.3 is 0 Å². The van der Waals surface area contributed by atoms with Crippen molar-refractivity contribution in [1.29, 1.82) is 0 Å². The smallest absolute Gasteiger partial charge is 0.281 e. The summed E-state index contributed by atoms with van der Waals surface area (Å²) in [4.78, 5) is 12.1. The predicted molar refractivity (Wildman–Crippen MR) is 73.6 cm³/mol. The predicted octanol–water partition coefficient (Wildman–Crippen LogP) is 1.50. The molecule has 1 fully saturated rings. The number of hydrogen-bond donors (Lipinski definition) is 1. The maximum absolute atomic E-state index is 12.1. The first-order valence-electron chi connectivity index (χ1n) is 5.99. The Kier molecular flexibility index (Phi) is 3.73. The van der Waals surface area contributed by atoms with Gasteiger partial charge < -0.3 is 0 Å². The van der Waals surface area contributed by atoms with Crippen LogP contribution in [-0.2, 0) is 16.3 Å². The standard InChI is InChI=1S/C11H17BrN2O3S/c1-7(2)5-9-10(12)11(15)14(13-9)8-3-4-18(16,17)6-8/h7-8,13H,3-6H2,1-2H3. The lowest BCUT2D eigenvalue weighted by atomic mass is 10.1. The molecular formula is C11H17BrN2O3S. The van der Waals surface area contributed by atoms with Crippen molar-refractivity contribution in [2.75, 3.05) is 11.5 Å². The van der Waals surface area contributed by atoms with Gasteiger partial charge in [0.1, 0.15) is 4.47 Å². The van der Waals surface area contributed by atoms with Crippen molar-refractivity contribution in [3.05, 3.63) is 20.5 Å². The summed E-state index contributed by atoms with van der Waals surface area (Å²) in [5.74, 6) is 0.654. The van der Waals surface area contributed by atoms with Gasteiger partial charge in [-0.15, -0.1) is 0 Å². The maximum atomic E-state index is 12.1. The molecular weight excluding hydrogens is 320 g/mol. The summed E-state index contributed by atoms with van der Waals surface area (Å²) < 4.78 is 24.9. The molecule has 1 aliphatic rings. The fourth-order valence-corrected chi connectivity index (χ4v) is 4.40. The molecule has 1 N–H and O–H groups in total. The number of hydrogen-bond acceptors (Lipinski definition) is 3. The van der Waals surface area contributed by atoms with E-state index in [1.165, 1.54) is 4.68 Å². The van der Waals surface area contributed by atoms with Gasteiger partial charge in [-0.1, -0.05) is 13.8 Å². The van der Waals surface area contributed by atoms with E-state index in [9.17, 15) is 13.2 Å². The summed E-state index contributed by atoms with van der Waals surface area (Å²) in [6, 6.07) is -0.250. The Balaban J connectivity index is 2.33. The Bertz CT molecular complexity index is 600. The van der Waals surface area contributed by atoms with Gasteiger partial charge in [-0.3, -0.25) is 9.89 Å². The molecule has 7 heteroatoms. The topological polar surface area (TPSA) is 71.9 Å². The molecule has 0 saturated carbocycles. The highest BCUT2D eigenvalue weighted by Crippen LogP contribution is 2.23. The van der Waals surface area contributed by atoms with E-state index >= 15 is 0 Å². The van der Waals surface area contributed by atoms with Crippen molar-refractivity contribution in [2.45, 2.75) is 32.7 Å². The van der Waals surface area contributed by atoms with E-state index in [2.05, 4.69) is 34.9 Å². The zero-order chi connectivity index (χ0) is 13.5. The lowest BCUT2D eigenvalue weighted by molar-refractivity contribution is 0.478. The first-order valence-corrected chi connectivity index (χ1v) is 8.61. The normalized spacial score (nSPS) is 22.8. The number of halogens is 1. The van der Waals surface area contributed by atoms with Crippen molar-refractivity contribution in [1.82, 2.24) is 9.78 Å². The van der Waals surface area contributed by atoms with Gasteiger partial charge in [0.15, 0.2) is 9.84 Å². The fraction of sp³-hybridized carbons (Fsp3) is 0.727. The number of sulfone groups is 1. The monoisotopic (exact) mass is 336 g/mol. The lowest BCUT2D eigenvalue weighted by Crippen LogP contribution is -2.23.